The van der Waals surface area contributed by atoms with Gasteiger partial charge in [-0.2, -0.15) is 0 Å². The molecule has 0 saturated heterocycles. The second-order valence-electron chi connectivity index (χ2n) is 7.23. The maximum atomic E-state index is 12.6. The molecule has 0 aromatic heterocycles. The van der Waals surface area contributed by atoms with Gasteiger partial charge in [-0.05, 0) is 80.4 Å². The number of hydrogen-bond acceptors (Lipinski definition) is 4. The Labute approximate surface area is 187 Å². The summed E-state index contributed by atoms with van der Waals surface area (Å²) < 4.78 is 5.26. The standard InChI is InChI=1S/C25H26N2O3S/c1-16-9-14-21(15-17(16)2)31-18(3)24(28)26-20-12-10-19(11-13-20)25(29)27-22-7-5-6-8-23(22)30-4/h5-15,18H,1-4H3,(H,26,28)(H,27,29). The van der Waals surface area contributed by atoms with Crippen LogP contribution in [-0.2, 0) is 4.79 Å². The van der Waals surface area contributed by atoms with Crippen LogP contribution >= 0.6 is 11.8 Å². The Morgan fingerprint density at radius 2 is 1.61 bits per heavy atom. The number of methoxy groups -OCH3 is 1. The molecule has 6 heteroatoms. The molecule has 160 valence electrons. The van der Waals surface area contributed by atoms with E-state index in [0.717, 1.165) is 4.90 Å². The molecule has 3 aromatic rings. The summed E-state index contributed by atoms with van der Waals surface area (Å²) in [6, 6.07) is 20.2. The van der Waals surface area contributed by atoms with E-state index in [1.807, 2.05) is 25.1 Å². The zero-order valence-electron chi connectivity index (χ0n) is 18.1. The van der Waals surface area contributed by atoms with Gasteiger partial charge in [0.2, 0.25) is 5.91 Å². The summed E-state index contributed by atoms with van der Waals surface area (Å²) in [7, 11) is 1.56. The number of para-hydroxylation sites is 2. The summed E-state index contributed by atoms with van der Waals surface area (Å²) in [6.07, 6.45) is 0. The van der Waals surface area contributed by atoms with Crippen LogP contribution in [0.2, 0.25) is 0 Å². The van der Waals surface area contributed by atoms with Gasteiger partial charge < -0.3 is 15.4 Å². The van der Waals surface area contributed by atoms with E-state index in [1.54, 1.807) is 43.5 Å². The number of carbonyl (C=O) groups excluding carboxylic acids is 2. The third-order valence-corrected chi connectivity index (χ3v) is 6.02. The van der Waals surface area contributed by atoms with Crippen molar-refractivity contribution in [3.63, 3.8) is 0 Å². The van der Waals surface area contributed by atoms with Crippen LogP contribution in [-0.4, -0.2) is 24.2 Å². The van der Waals surface area contributed by atoms with E-state index in [2.05, 4.69) is 36.6 Å². The van der Waals surface area contributed by atoms with Crippen molar-refractivity contribution in [3.05, 3.63) is 83.4 Å². The largest absolute Gasteiger partial charge is 0.495 e. The van der Waals surface area contributed by atoms with Gasteiger partial charge in [0.25, 0.3) is 5.91 Å². The number of aryl methyl sites for hydroxylation is 2. The number of hydrogen-bond donors (Lipinski definition) is 2. The minimum atomic E-state index is -0.254. The number of nitrogens with one attached hydrogen (secondary N) is 2. The Balaban J connectivity index is 1.59. The van der Waals surface area contributed by atoms with E-state index in [1.165, 1.54) is 22.9 Å². The van der Waals surface area contributed by atoms with Gasteiger partial charge in [-0.15, -0.1) is 11.8 Å². The van der Waals surface area contributed by atoms with Crippen LogP contribution in [0.3, 0.4) is 0 Å². The van der Waals surface area contributed by atoms with Gasteiger partial charge >= 0.3 is 0 Å². The first-order chi connectivity index (χ1) is 14.9. The van der Waals surface area contributed by atoms with Crippen molar-refractivity contribution < 1.29 is 14.3 Å². The average Bonchev–Trinajstić information content (AvgIpc) is 2.77. The molecule has 0 saturated carbocycles. The minimum absolute atomic E-state index is 0.0885. The second kappa shape index (κ2) is 10.2. The van der Waals surface area contributed by atoms with E-state index in [-0.39, 0.29) is 17.1 Å². The normalized spacial score (nSPS) is 11.5. The molecule has 2 amide bonds. The lowest BCUT2D eigenvalue weighted by molar-refractivity contribution is -0.115. The lowest BCUT2D eigenvalue weighted by Crippen LogP contribution is -2.22. The first-order valence-electron chi connectivity index (χ1n) is 9.96. The molecular formula is C25H26N2O3S. The molecule has 3 rings (SSSR count). The number of anilines is 2. The molecule has 2 N–H and O–H groups in total. The molecule has 0 bridgehead atoms. The van der Waals surface area contributed by atoms with E-state index >= 15 is 0 Å². The summed E-state index contributed by atoms with van der Waals surface area (Å²) in [4.78, 5) is 26.2. The van der Waals surface area contributed by atoms with Crippen LogP contribution < -0.4 is 15.4 Å². The van der Waals surface area contributed by atoms with Crippen molar-refractivity contribution >= 4 is 35.0 Å². The van der Waals surface area contributed by atoms with Gasteiger partial charge in [-0.3, -0.25) is 9.59 Å². The second-order valence-corrected chi connectivity index (χ2v) is 8.64. The lowest BCUT2D eigenvalue weighted by atomic mass is 10.1. The Bertz CT molecular complexity index is 1080. The van der Waals surface area contributed by atoms with Gasteiger partial charge in [0.15, 0.2) is 0 Å². The molecule has 0 fully saturated rings. The first kappa shape index (κ1) is 22.4. The molecule has 0 spiro atoms. The lowest BCUT2D eigenvalue weighted by Gasteiger charge is -2.13. The van der Waals surface area contributed by atoms with Crippen molar-refractivity contribution in [1.29, 1.82) is 0 Å². The quantitative estimate of drug-likeness (QED) is 0.469. The SMILES string of the molecule is COc1ccccc1NC(=O)c1ccc(NC(=O)C(C)Sc2ccc(C)c(C)c2)cc1. The Kier molecular flexibility index (Phi) is 7.36. The smallest absolute Gasteiger partial charge is 0.255 e. The molecule has 5 nitrogen and oxygen atoms in total. The highest BCUT2D eigenvalue weighted by molar-refractivity contribution is 8.00. The Morgan fingerprint density at radius 1 is 0.903 bits per heavy atom. The highest BCUT2D eigenvalue weighted by Gasteiger charge is 2.15. The van der Waals surface area contributed by atoms with Crippen molar-refractivity contribution in [1.82, 2.24) is 0 Å². The molecule has 31 heavy (non-hydrogen) atoms. The van der Waals surface area contributed by atoms with Gasteiger partial charge in [0.05, 0.1) is 18.0 Å². The highest BCUT2D eigenvalue weighted by Crippen LogP contribution is 2.27. The number of thioether (sulfide) groups is 1. The molecule has 0 aliphatic heterocycles. The monoisotopic (exact) mass is 434 g/mol. The molecule has 0 aliphatic carbocycles. The molecular weight excluding hydrogens is 408 g/mol. The fraction of sp³-hybridized carbons (Fsp3) is 0.200. The average molecular weight is 435 g/mol. The highest BCUT2D eigenvalue weighted by atomic mass is 32.2. The number of rotatable bonds is 7. The van der Waals surface area contributed by atoms with E-state index in [9.17, 15) is 9.59 Å². The third kappa shape index (κ3) is 5.89. The Morgan fingerprint density at radius 3 is 2.29 bits per heavy atom. The number of amides is 2. The first-order valence-corrected chi connectivity index (χ1v) is 10.8. The number of ether oxygens (including phenoxy) is 1. The van der Waals surface area contributed by atoms with Crippen LogP contribution in [0.25, 0.3) is 0 Å². The maximum Gasteiger partial charge on any atom is 0.255 e. The molecule has 1 unspecified atom stereocenters. The molecule has 3 aromatic carbocycles. The number of benzene rings is 3. The van der Waals surface area contributed by atoms with Crippen LogP contribution in [0, 0.1) is 13.8 Å². The Hall–Kier alpha value is -3.25. The van der Waals surface area contributed by atoms with Gasteiger partial charge in [-0.1, -0.05) is 18.2 Å². The predicted molar refractivity (Wildman–Crippen MR) is 127 cm³/mol. The van der Waals surface area contributed by atoms with Crippen molar-refractivity contribution in [2.24, 2.45) is 0 Å². The molecule has 0 radical (unpaired) electrons. The predicted octanol–water partition coefficient (Wildman–Crippen LogP) is 5.68. The van der Waals surface area contributed by atoms with Gasteiger partial charge in [0.1, 0.15) is 5.75 Å². The fourth-order valence-electron chi connectivity index (χ4n) is 2.94. The summed E-state index contributed by atoms with van der Waals surface area (Å²) in [5.74, 6) is 0.255. The third-order valence-electron chi connectivity index (χ3n) is 4.93. The van der Waals surface area contributed by atoms with Crippen molar-refractivity contribution in [3.8, 4) is 5.75 Å². The van der Waals surface area contributed by atoms with Crippen LogP contribution in [0.5, 0.6) is 5.75 Å². The summed E-state index contributed by atoms with van der Waals surface area (Å²) in [5, 5.41) is 5.49. The minimum Gasteiger partial charge on any atom is -0.495 e. The van der Waals surface area contributed by atoms with E-state index < -0.39 is 0 Å². The molecule has 0 aliphatic rings. The molecule has 1 atom stereocenters. The van der Waals surface area contributed by atoms with Crippen LogP contribution in [0.1, 0.15) is 28.4 Å². The van der Waals surface area contributed by atoms with Crippen LogP contribution in [0.4, 0.5) is 11.4 Å². The maximum absolute atomic E-state index is 12.6. The topological polar surface area (TPSA) is 67.4 Å². The number of carbonyl (C=O) groups is 2. The van der Waals surface area contributed by atoms with E-state index in [4.69, 9.17) is 4.74 Å². The van der Waals surface area contributed by atoms with Gasteiger partial charge in [0, 0.05) is 16.1 Å². The summed E-state index contributed by atoms with van der Waals surface area (Å²) >= 11 is 1.52. The fourth-order valence-corrected chi connectivity index (χ4v) is 3.90. The zero-order valence-corrected chi connectivity index (χ0v) is 18.9. The van der Waals surface area contributed by atoms with E-state index in [0.29, 0.717) is 22.7 Å². The molecule has 0 heterocycles. The zero-order chi connectivity index (χ0) is 22.4. The van der Waals surface area contributed by atoms with Crippen molar-refractivity contribution in [2.75, 3.05) is 17.7 Å². The summed E-state index contributed by atoms with van der Waals surface area (Å²) in [6.45, 7) is 6.01. The van der Waals surface area contributed by atoms with Crippen LogP contribution in [0.15, 0.2) is 71.6 Å². The van der Waals surface area contributed by atoms with Crippen molar-refractivity contribution in [2.45, 2.75) is 30.9 Å². The summed E-state index contributed by atoms with van der Waals surface area (Å²) in [5.41, 5.74) is 4.17. The van der Waals surface area contributed by atoms with Gasteiger partial charge in [-0.25, -0.2) is 0 Å².